The quantitative estimate of drug-likeness (QED) is 0.396. The predicted octanol–water partition coefficient (Wildman–Crippen LogP) is 6.11. The number of ether oxygens (including phenoxy) is 1. The lowest BCUT2D eigenvalue weighted by Gasteiger charge is -2.20. The fraction of sp³-hybridized carbons (Fsp3) is 0.316. The van der Waals surface area contributed by atoms with Crippen LogP contribution in [0.15, 0.2) is 46.0 Å². The molecule has 0 radical (unpaired) electrons. The third-order valence-corrected chi connectivity index (χ3v) is 6.36. The Kier molecular flexibility index (Phi) is 7.56. The number of amidine groups is 1. The van der Waals surface area contributed by atoms with E-state index < -0.39 is 0 Å². The highest BCUT2D eigenvalue weighted by Gasteiger charge is 2.31. The number of thioether (sulfide) groups is 1. The van der Waals surface area contributed by atoms with E-state index in [4.69, 9.17) is 33.5 Å². The first-order valence-electron chi connectivity index (χ1n) is 8.88. The van der Waals surface area contributed by atoms with Crippen molar-refractivity contribution < 1.29 is 4.74 Å². The zero-order valence-corrected chi connectivity index (χ0v) is 19.5. The van der Waals surface area contributed by atoms with Crippen LogP contribution in [0, 0.1) is 0 Å². The second kappa shape index (κ2) is 9.91. The number of thiocarbonyl (C=S) groups is 1. The molecule has 0 aliphatic carbocycles. The summed E-state index contributed by atoms with van der Waals surface area (Å²) in [6, 6.07) is 9.61. The lowest BCUT2D eigenvalue weighted by Crippen LogP contribution is -2.36. The van der Waals surface area contributed by atoms with Crippen molar-refractivity contribution in [1.29, 1.82) is 0 Å². The van der Waals surface area contributed by atoms with Crippen molar-refractivity contribution in [3.8, 4) is 5.75 Å². The van der Waals surface area contributed by atoms with E-state index in [-0.39, 0.29) is 0 Å². The number of aromatic nitrogens is 1. The third-order valence-electron chi connectivity index (χ3n) is 3.99. The first-order chi connectivity index (χ1) is 13.5. The molecule has 1 aliphatic rings. The molecule has 0 bridgehead atoms. The highest BCUT2D eigenvalue weighted by Crippen LogP contribution is 2.35. The number of halogens is 2. The summed E-state index contributed by atoms with van der Waals surface area (Å²) in [5, 5.41) is 5.52. The van der Waals surface area contributed by atoms with Crippen molar-refractivity contribution in [2.45, 2.75) is 25.5 Å². The molecular weight excluding hydrogens is 480 g/mol. The van der Waals surface area contributed by atoms with E-state index in [0.717, 1.165) is 28.3 Å². The van der Waals surface area contributed by atoms with Gasteiger partial charge in [0.2, 0.25) is 0 Å². The Bertz CT molecular complexity index is 896. The molecule has 1 N–H and O–H groups in total. The molecule has 0 amide bonds. The average molecular weight is 500 g/mol. The molecule has 0 saturated carbocycles. The van der Waals surface area contributed by atoms with Gasteiger partial charge in [0.25, 0.3) is 0 Å². The zero-order chi connectivity index (χ0) is 20.1. The summed E-state index contributed by atoms with van der Waals surface area (Å²) in [4.78, 5) is 10.9. The van der Waals surface area contributed by atoms with E-state index in [9.17, 15) is 0 Å². The van der Waals surface area contributed by atoms with Crippen molar-refractivity contribution in [1.82, 2.24) is 9.88 Å². The molecule has 2 heterocycles. The van der Waals surface area contributed by atoms with Gasteiger partial charge in [-0.2, -0.15) is 0 Å². The average Bonchev–Trinajstić information content (AvgIpc) is 3.07. The summed E-state index contributed by atoms with van der Waals surface area (Å²) in [6.45, 7) is 5.41. The van der Waals surface area contributed by atoms with Crippen molar-refractivity contribution in [3.05, 3.63) is 46.2 Å². The Morgan fingerprint density at radius 1 is 1.46 bits per heavy atom. The Hall–Kier alpha value is -1.35. The predicted molar refractivity (Wildman–Crippen MR) is 126 cm³/mol. The maximum Gasteiger partial charge on any atom is 0.179 e. The standard InChI is InChI=1S/C19H20BrClN4OS2/c1-3-14-11-25(18(27)23-13-7-5-6-12(20)8-13)19(28-14)24-15-9-17(21)22-10-16(15)26-4-2/h5-10,14H,3-4,11H2,1-2H3,(H,23,27)/b24-19+. The Labute approximate surface area is 188 Å². The summed E-state index contributed by atoms with van der Waals surface area (Å²) in [5.74, 6) is 0.603. The molecule has 1 aromatic carbocycles. The van der Waals surface area contributed by atoms with E-state index in [1.807, 2.05) is 36.1 Å². The molecule has 28 heavy (non-hydrogen) atoms. The largest absolute Gasteiger partial charge is 0.490 e. The molecular formula is C19H20BrClN4OS2. The molecule has 1 atom stereocenters. The normalized spacial score (nSPS) is 17.8. The Morgan fingerprint density at radius 2 is 2.29 bits per heavy atom. The van der Waals surface area contributed by atoms with Crippen LogP contribution in [0.4, 0.5) is 11.4 Å². The number of hydrogen-bond acceptors (Lipinski definition) is 5. The molecule has 1 saturated heterocycles. The second-order valence-electron chi connectivity index (χ2n) is 6.00. The molecule has 0 spiro atoms. The summed E-state index contributed by atoms with van der Waals surface area (Å²) < 4.78 is 6.64. The Balaban J connectivity index is 1.89. The van der Waals surface area contributed by atoms with Crippen LogP contribution in [-0.4, -0.2) is 38.6 Å². The number of nitrogens with one attached hydrogen (secondary N) is 1. The Morgan fingerprint density at radius 3 is 3.00 bits per heavy atom. The minimum absolute atomic E-state index is 0.374. The lowest BCUT2D eigenvalue weighted by molar-refractivity contribution is 0.340. The van der Waals surface area contributed by atoms with Gasteiger partial charge in [-0.3, -0.25) is 4.90 Å². The van der Waals surface area contributed by atoms with Crippen LogP contribution in [0.2, 0.25) is 5.15 Å². The van der Waals surface area contributed by atoms with Crippen LogP contribution in [0.3, 0.4) is 0 Å². The van der Waals surface area contributed by atoms with Crippen LogP contribution in [0.1, 0.15) is 20.3 Å². The van der Waals surface area contributed by atoms with Gasteiger partial charge in [0.15, 0.2) is 16.0 Å². The molecule has 1 unspecified atom stereocenters. The molecule has 1 aliphatic heterocycles. The monoisotopic (exact) mass is 498 g/mol. The fourth-order valence-corrected chi connectivity index (χ4v) is 4.64. The minimum atomic E-state index is 0.374. The number of rotatable bonds is 5. The van der Waals surface area contributed by atoms with Gasteiger partial charge in [-0.1, -0.05) is 52.3 Å². The van der Waals surface area contributed by atoms with Gasteiger partial charge in [0.05, 0.1) is 12.8 Å². The van der Waals surface area contributed by atoms with E-state index >= 15 is 0 Å². The second-order valence-corrected chi connectivity index (χ2v) is 8.96. The molecule has 1 fully saturated rings. The minimum Gasteiger partial charge on any atom is -0.490 e. The maximum absolute atomic E-state index is 6.08. The lowest BCUT2D eigenvalue weighted by atomic mass is 10.3. The molecule has 1 aromatic heterocycles. The summed E-state index contributed by atoms with van der Waals surface area (Å²) in [5.41, 5.74) is 1.57. The van der Waals surface area contributed by atoms with Gasteiger partial charge in [-0.15, -0.1) is 0 Å². The SMILES string of the molecule is CCOc1cnc(Cl)cc1/N=C1/SC(CC)CN1C(=S)Nc1cccc(Br)c1. The molecule has 9 heteroatoms. The van der Waals surface area contributed by atoms with Crippen LogP contribution in [0.25, 0.3) is 0 Å². The number of anilines is 1. The number of hydrogen-bond donors (Lipinski definition) is 1. The number of nitrogens with zero attached hydrogens (tertiary/aromatic N) is 3. The van der Waals surface area contributed by atoms with Crippen LogP contribution >= 0.6 is 51.5 Å². The van der Waals surface area contributed by atoms with Gasteiger partial charge in [0, 0.05) is 28.0 Å². The van der Waals surface area contributed by atoms with Gasteiger partial charge >= 0.3 is 0 Å². The van der Waals surface area contributed by atoms with Crippen molar-refractivity contribution >= 4 is 73.2 Å². The first-order valence-corrected chi connectivity index (χ1v) is 11.3. The summed E-state index contributed by atoms with van der Waals surface area (Å²) in [7, 11) is 0. The van der Waals surface area contributed by atoms with Crippen LogP contribution in [-0.2, 0) is 0 Å². The maximum atomic E-state index is 6.08. The number of pyridine rings is 1. The van der Waals surface area contributed by atoms with Crippen molar-refractivity contribution in [3.63, 3.8) is 0 Å². The number of benzene rings is 1. The van der Waals surface area contributed by atoms with E-state index in [1.54, 1.807) is 24.0 Å². The smallest absolute Gasteiger partial charge is 0.179 e. The first kappa shape index (κ1) is 21.4. The molecule has 2 aromatic rings. The molecule has 5 nitrogen and oxygen atoms in total. The van der Waals surface area contributed by atoms with Crippen LogP contribution < -0.4 is 10.1 Å². The van der Waals surface area contributed by atoms with Gasteiger partial charge in [-0.05, 0) is 43.8 Å². The van der Waals surface area contributed by atoms with E-state index in [0.29, 0.717) is 33.6 Å². The summed E-state index contributed by atoms with van der Waals surface area (Å²) in [6.07, 6.45) is 2.62. The molecule has 3 rings (SSSR count). The van der Waals surface area contributed by atoms with Crippen molar-refractivity contribution in [2.75, 3.05) is 18.5 Å². The highest BCUT2D eigenvalue weighted by molar-refractivity contribution is 9.10. The van der Waals surface area contributed by atoms with E-state index in [2.05, 4.69) is 33.2 Å². The third kappa shape index (κ3) is 5.37. The van der Waals surface area contributed by atoms with Gasteiger partial charge < -0.3 is 10.1 Å². The van der Waals surface area contributed by atoms with Gasteiger partial charge in [0.1, 0.15) is 10.8 Å². The zero-order valence-electron chi connectivity index (χ0n) is 15.5. The van der Waals surface area contributed by atoms with Crippen molar-refractivity contribution in [2.24, 2.45) is 4.99 Å². The fourth-order valence-electron chi connectivity index (χ4n) is 2.62. The topological polar surface area (TPSA) is 49.8 Å². The number of aliphatic imine (C=N–C) groups is 1. The molecule has 148 valence electrons. The van der Waals surface area contributed by atoms with Crippen LogP contribution in [0.5, 0.6) is 5.75 Å². The highest BCUT2D eigenvalue weighted by atomic mass is 79.9. The summed E-state index contributed by atoms with van der Waals surface area (Å²) >= 11 is 17.0. The van der Waals surface area contributed by atoms with E-state index in [1.165, 1.54) is 0 Å². The van der Waals surface area contributed by atoms with Gasteiger partial charge in [-0.25, -0.2) is 9.98 Å².